The second kappa shape index (κ2) is 8.32. The SMILES string of the molecule is Cc1cccc(C)c1C(C(C)(C)C)C(C)(C)[Si](c1ccccc1)c1ccccc1. The second-order valence-corrected chi connectivity index (χ2v) is 13.1. The lowest BCUT2D eigenvalue weighted by atomic mass is 9.68. The largest absolute Gasteiger partial charge is 0.127 e. The molecule has 0 amide bonds. The highest BCUT2D eigenvalue weighted by molar-refractivity contribution is 6.87. The Kier molecular flexibility index (Phi) is 6.19. The molecule has 0 nitrogen and oxygen atoms in total. The van der Waals surface area contributed by atoms with Gasteiger partial charge in [-0.1, -0.05) is 124 Å². The van der Waals surface area contributed by atoms with Crippen LogP contribution in [-0.2, 0) is 0 Å². The molecule has 3 aromatic carbocycles. The van der Waals surface area contributed by atoms with Gasteiger partial charge in [0.1, 0.15) is 8.80 Å². The molecule has 1 atom stereocenters. The van der Waals surface area contributed by atoms with E-state index in [0.29, 0.717) is 5.92 Å². The summed E-state index contributed by atoms with van der Waals surface area (Å²) in [6, 6.07) is 29.2. The van der Waals surface area contributed by atoms with E-state index in [0.717, 1.165) is 0 Å². The first-order chi connectivity index (χ1) is 13.6. The number of aryl methyl sites for hydroxylation is 2. The fourth-order valence-electron chi connectivity index (χ4n) is 5.42. The summed E-state index contributed by atoms with van der Waals surface area (Å²) in [7, 11) is -1.04. The molecule has 0 aliphatic heterocycles. The van der Waals surface area contributed by atoms with Gasteiger partial charge in [-0.25, -0.2) is 0 Å². The van der Waals surface area contributed by atoms with Crippen molar-refractivity contribution in [1.29, 1.82) is 0 Å². The number of benzene rings is 3. The smallest absolute Gasteiger partial charge is 0.0628 e. The summed E-state index contributed by atoms with van der Waals surface area (Å²) in [5.41, 5.74) is 4.53. The standard InChI is InChI=1S/C28H35Si/c1-21-15-14-16-22(2)25(21)26(27(3,4)5)28(6,7)29(23-17-10-8-11-18-23)24-19-12-9-13-20-24/h8-20,26H,1-7H3. The van der Waals surface area contributed by atoms with Crippen LogP contribution in [0.4, 0.5) is 0 Å². The first-order valence-electron chi connectivity index (χ1n) is 10.7. The Balaban J connectivity index is 2.27. The van der Waals surface area contributed by atoms with Crippen molar-refractivity contribution in [3.05, 3.63) is 95.6 Å². The summed E-state index contributed by atoms with van der Waals surface area (Å²) in [5, 5.41) is 3.10. The summed E-state index contributed by atoms with van der Waals surface area (Å²) in [6.45, 7) is 16.9. The lowest BCUT2D eigenvalue weighted by molar-refractivity contribution is 0.264. The van der Waals surface area contributed by atoms with Gasteiger partial charge < -0.3 is 0 Å². The Morgan fingerprint density at radius 2 is 1.00 bits per heavy atom. The van der Waals surface area contributed by atoms with Crippen LogP contribution in [0.1, 0.15) is 57.2 Å². The van der Waals surface area contributed by atoms with Gasteiger partial charge in [-0.2, -0.15) is 0 Å². The molecule has 0 saturated carbocycles. The Labute approximate surface area is 179 Å². The van der Waals surface area contributed by atoms with E-state index in [1.54, 1.807) is 5.56 Å². The maximum absolute atomic E-state index is 2.52. The molecule has 0 aliphatic carbocycles. The third-order valence-electron chi connectivity index (χ3n) is 6.19. The maximum atomic E-state index is 2.52. The molecular weight excluding hydrogens is 364 g/mol. The van der Waals surface area contributed by atoms with E-state index < -0.39 is 8.80 Å². The van der Waals surface area contributed by atoms with Crippen LogP contribution in [-0.4, -0.2) is 8.80 Å². The summed E-state index contributed by atoms with van der Waals surface area (Å²) < 4.78 is 0. The van der Waals surface area contributed by atoms with Crippen LogP contribution in [0.2, 0.25) is 5.04 Å². The molecule has 1 radical (unpaired) electrons. The van der Waals surface area contributed by atoms with Crippen LogP contribution in [0.5, 0.6) is 0 Å². The zero-order chi connectivity index (χ0) is 21.2. The lowest BCUT2D eigenvalue weighted by Crippen LogP contribution is -2.53. The first-order valence-corrected chi connectivity index (χ1v) is 12.2. The predicted molar refractivity (Wildman–Crippen MR) is 130 cm³/mol. The predicted octanol–water partition coefficient (Wildman–Crippen LogP) is 6.52. The topological polar surface area (TPSA) is 0 Å². The minimum absolute atomic E-state index is 0.114. The van der Waals surface area contributed by atoms with Crippen molar-refractivity contribution in [2.45, 2.75) is 59.4 Å². The molecule has 0 fully saturated rings. The summed E-state index contributed by atoms with van der Waals surface area (Å²) in [6.07, 6.45) is 0. The van der Waals surface area contributed by atoms with E-state index in [4.69, 9.17) is 0 Å². The second-order valence-electron chi connectivity index (χ2n) is 9.93. The molecule has 0 heterocycles. The number of hydrogen-bond donors (Lipinski definition) is 0. The van der Waals surface area contributed by atoms with Gasteiger partial charge in [0.05, 0.1) is 0 Å². The molecule has 0 aliphatic rings. The Morgan fingerprint density at radius 1 is 0.586 bits per heavy atom. The zero-order valence-corrected chi connectivity index (χ0v) is 20.1. The van der Waals surface area contributed by atoms with E-state index in [9.17, 15) is 0 Å². The molecule has 29 heavy (non-hydrogen) atoms. The average Bonchev–Trinajstić information content (AvgIpc) is 2.65. The summed E-state index contributed by atoms with van der Waals surface area (Å²) in [5.74, 6) is 0.450. The third kappa shape index (κ3) is 4.40. The summed E-state index contributed by atoms with van der Waals surface area (Å²) >= 11 is 0. The van der Waals surface area contributed by atoms with Crippen LogP contribution in [0, 0.1) is 19.3 Å². The Hall–Kier alpha value is -2.12. The lowest BCUT2D eigenvalue weighted by Gasteiger charge is -2.48. The van der Waals surface area contributed by atoms with Gasteiger partial charge in [0, 0.05) is 0 Å². The van der Waals surface area contributed by atoms with Crippen molar-refractivity contribution in [2.24, 2.45) is 5.41 Å². The zero-order valence-electron chi connectivity index (χ0n) is 19.1. The molecule has 1 unspecified atom stereocenters. The maximum Gasteiger partial charge on any atom is 0.127 e. The minimum Gasteiger partial charge on any atom is -0.0628 e. The highest BCUT2D eigenvalue weighted by Gasteiger charge is 2.47. The molecule has 0 bridgehead atoms. The minimum atomic E-state index is -1.04. The number of rotatable bonds is 5. The van der Waals surface area contributed by atoms with Gasteiger partial charge in [-0.15, -0.1) is 0 Å². The molecule has 0 aromatic heterocycles. The molecular formula is C28H35Si. The van der Waals surface area contributed by atoms with Crippen molar-refractivity contribution >= 4 is 19.2 Å². The summed E-state index contributed by atoms with van der Waals surface area (Å²) in [4.78, 5) is 0. The van der Waals surface area contributed by atoms with Crippen molar-refractivity contribution in [3.8, 4) is 0 Å². The van der Waals surface area contributed by atoms with Gasteiger partial charge in [-0.3, -0.25) is 0 Å². The van der Waals surface area contributed by atoms with Crippen molar-refractivity contribution in [1.82, 2.24) is 0 Å². The van der Waals surface area contributed by atoms with Crippen molar-refractivity contribution < 1.29 is 0 Å². The van der Waals surface area contributed by atoms with Gasteiger partial charge in [-0.05, 0) is 46.9 Å². The van der Waals surface area contributed by atoms with Crippen LogP contribution in [0.25, 0.3) is 0 Å². The highest BCUT2D eigenvalue weighted by Crippen LogP contribution is 2.54. The average molecular weight is 400 g/mol. The van der Waals surface area contributed by atoms with Crippen molar-refractivity contribution in [2.75, 3.05) is 0 Å². The van der Waals surface area contributed by atoms with Gasteiger partial charge in [0.25, 0.3) is 0 Å². The van der Waals surface area contributed by atoms with E-state index in [1.165, 1.54) is 21.5 Å². The first kappa shape index (κ1) is 21.6. The normalized spacial score (nSPS) is 13.5. The fraction of sp³-hybridized carbons (Fsp3) is 0.357. The molecule has 151 valence electrons. The van der Waals surface area contributed by atoms with Crippen LogP contribution < -0.4 is 10.4 Å². The van der Waals surface area contributed by atoms with Gasteiger partial charge in [0.15, 0.2) is 0 Å². The molecule has 0 N–H and O–H groups in total. The fourth-order valence-corrected chi connectivity index (χ4v) is 9.16. The Bertz CT molecular complexity index is 873. The van der Waals surface area contributed by atoms with Gasteiger partial charge >= 0.3 is 0 Å². The van der Waals surface area contributed by atoms with Crippen LogP contribution >= 0.6 is 0 Å². The van der Waals surface area contributed by atoms with E-state index in [2.05, 4.69) is 127 Å². The quantitative estimate of drug-likeness (QED) is 0.428. The van der Waals surface area contributed by atoms with Crippen LogP contribution in [0.3, 0.4) is 0 Å². The van der Waals surface area contributed by atoms with Gasteiger partial charge in [0.2, 0.25) is 0 Å². The molecule has 0 saturated heterocycles. The van der Waals surface area contributed by atoms with E-state index >= 15 is 0 Å². The van der Waals surface area contributed by atoms with E-state index in [-0.39, 0.29) is 10.5 Å². The molecule has 0 spiro atoms. The van der Waals surface area contributed by atoms with Crippen LogP contribution in [0.15, 0.2) is 78.9 Å². The van der Waals surface area contributed by atoms with E-state index in [1.807, 2.05) is 0 Å². The molecule has 3 aromatic rings. The van der Waals surface area contributed by atoms with Crippen molar-refractivity contribution in [3.63, 3.8) is 0 Å². The third-order valence-corrected chi connectivity index (χ3v) is 9.59. The highest BCUT2D eigenvalue weighted by atomic mass is 28.3. The number of hydrogen-bond acceptors (Lipinski definition) is 0. The monoisotopic (exact) mass is 399 g/mol. The molecule has 3 rings (SSSR count). The molecule has 1 heteroatoms. The Morgan fingerprint density at radius 3 is 1.38 bits per heavy atom.